The van der Waals surface area contributed by atoms with Crippen LogP contribution >= 0.6 is 0 Å². The molecule has 0 heterocycles. The molecular weight excluding hydrogens is 358 g/mol. The van der Waals surface area contributed by atoms with Crippen LogP contribution in [0.2, 0.25) is 0 Å². The van der Waals surface area contributed by atoms with E-state index in [2.05, 4.69) is 63.9 Å². The minimum absolute atomic E-state index is 0.208. The van der Waals surface area contributed by atoms with E-state index >= 15 is 0 Å². The molecule has 0 aromatic carbocycles. The zero-order chi connectivity index (χ0) is 21.4. The van der Waals surface area contributed by atoms with Crippen molar-refractivity contribution in [2.24, 2.45) is 0 Å². The Bertz CT molecular complexity index is 337. The maximum atomic E-state index is 2.45. The first kappa shape index (κ1) is 28.1. The largest absolute Gasteiger partial charge is 0.304 e. The third kappa shape index (κ3) is 11.3. The molecule has 1 unspecified atom stereocenters. The van der Waals surface area contributed by atoms with Gasteiger partial charge in [-0.25, -0.2) is 0 Å². The Morgan fingerprint density at radius 1 is 0.571 bits per heavy atom. The highest BCUT2D eigenvalue weighted by Gasteiger charge is 2.38. The molecule has 0 radical (unpaired) electrons. The number of unbranched alkanes of at least 4 members (excludes halogenated alkanes) is 13. The van der Waals surface area contributed by atoms with E-state index in [1.807, 2.05) is 0 Å². The quantitative estimate of drug-likeness (QED) is 0.169. The first-order valence-electron chi connectivity index (χ1n) is 12.3. The van der Waals surface area contributed by atoms with Crippen molar-refractivity contribution in [1.29, 1.82) is 0 Å². The van der Waals surface area contributed by atoms with Crippen molar-refractivity contribution in [3.8, 4) is 0 Å². The Kier molecular flexibility index (Phi) is 16.9. The van der Waals surface area contributed by atoms with Gasteiger partial charge in [-0.2, -0.15) is 0 Å². The average molecular weight is 414 g/mol. The summed E-state index contributed by atoms with van der Waals surface area (Å²) in [6.45, 7) is 2.30. The highest BCUT2D eigenvalue weighted by molar-refractivity contribution is 6.15. The normalized spacial score (nSPS) is 13.9. The SMILES string of the molecule is CCCCCCCCCCCCCCCCC(N(C)C)C([SiH3])(N(C)C)N(C)C. The molecule has 0 aliphatic heterocycles. The van der Waals surface area contributed by atoms with Gasteiger partial charge in [0, 0.05) is 16.3 Å². The number of rotatable bonds is 19. The second kappa shape index (κ2) is 16.8. The molecule has 3 nitrogen and oxygen atoms in total. The van der Waals surface area contributed by atoms with E-state index in [4.69, 9.17) is 0 Å². The van der Waals surface area contributed by atoms with Crippen molar-refractivity contribution in [1.82, 2.24) is 14.7 Å². The van der Waals surface area contributed by atoms with Gasteiger partial charge in [0.1, 0.15) is 0 Å². The van der Waals surface area contributed by atoms with Crippen LogP contribution in [0.3, 0.4) is 0 Å². The summed E-state index contributed by atoms with van der Waals surface area (Å²) in [7, 11) is 14.6. The fourth-order valence-electron chi connectivity index (χ4n) is 4.55. The van der Waals surface area contributed by atoms with E-state index in [1.54, 1.807) is 0 Å². The summed E-state index contributed by atoms with van der Waals surface area (Å²) in [4.78, 5) is 7.33. The Morgan fingerprint density at radius 3 is 1.18 bits per heavy atom. The highest BCUT2D eigenvalue weighted by atomic mass is 28.1. The minimum atomic E-state index is 0.208. The third-order valence-corrected chi connectivity index (χ3v) is 9.35. The molecule has 4 heteroatoms. The second-order valence-corrected chi connectivity index (χ2v) is 11.2. The molecule has 0 aliphatic carbocycles. The zero-order valence-electron chi connectivity index (χ0n) is 21.0. The topological polar surface area (TPSA) is 9.72 Å². The molecule has 0 N–H and O–H groups in total. The van der Waals surface area contributed by atoms with Crippen molar-refractivity contribution in [3.63, 3.8) is 0 Å². The van der Waals surface area contributed by atoms with Gasteiger partial charge in [0.15, 0.2) is 0 Å². The predicted molar refractivity (Wildman–Crippen MR) is 132 cm³/mol. The third-order valence-electron chi connectivity index (χ3n) is 6.90. The van der Waals surface area contributed by atoms with E-state index in [-0.39, 0.29) is 5.29 Å². The van der Waals surface area contributed by atoms with Crippen LogP contribution in [0, 0.1) is 0 Å². The number of hydrogen-bond donors (Lipinski definition) is 0. The second-order valence-electron chi connectivity index (χ2n) is 9.75. The summed E-state index contributed by atoms with van der Waals surface area (Å²) in [5.74, 6) is 0. The molecule has 0 spiro atoms. The van der Waals surface area contributed by atoms with Crippen LogP contribution in [0.5, 0.6) is 0 Å². The van der Waals surface area contributed by atoms with E-state index < -0.39 is 0 Å². The van der Waals surface area contributed by atoms with Crippen molar-refractivity contribution < 1.29 is 0 Å². The Balaban J connectivity index is 3.80. The van der Waals surface area contributed by atoms with E-state index in [1.165, 1.54) is 96.3 Å². The van der Waals surface area contributed by atoms with Crippen molar-refractivity contribution in [3.05, 3.63) is 0 Å². The molecule has 28 heavy (non-hydrogen) atoms. The number of hydrogen-bond acceptors (Lipinski definition) is 3. The molecule has 170 valence electrons. The van der Waals surface area contributed by atoms with Gasteiger partial charge in [0.05, 0.1) is 5.29 Å². The summed E-state index contributed by atoms with van der Waals surface area (Å²) in [5.41, 5.74) is 0. The molecule has 0 fully saturated rings. The molecule has 0 saturated heterocycles. The predicted octanol–water partition coefficient (Wildman–Crippen LogP) is 4.93. The number of nitrogens with zero attached hydrogens (tertiary/aromatic N) is 3. The Hall–Kier alpha value is 0.0969. The van der Waals surface area contributed by atoms with E-state index in [9.17, 15) is 0 Å². The number of likely N-dealkylation sites (N-methyl/N-ethyl adjacent to an activating group) is 3. The first-order chi connectivity index (χ1) is 13.3. The van der Waals surface area contributed by atoms with Gasteiger partial charge in [-0.1, -0.05) is 96.8 Å². The molecular formula is C24H55N3Si. The molecule has 0 aliphatic rings. The lowest BCUT2D eigenvalue weighted by Gasteiger charge is -2.50. The molecule has 0 saturated carbocycles. The van der Waals surface area contributed by atoms with Crippen LogP contribution in [0.15, 0.2) is 0 Å². The lowest BCUT2D eigenvalue weighted by Crippen LogP contribution is -2.66. The maximum absolute atomic E-state index is 2.45. The van der Waals surface area contributed by atoms with Crippen LogP contribution in [-0.4, -0.2) is 78.6 Å². The Labute approximate surface area is 182 Å². The summed E-state index contributed by atoms with van der Waals surface area (Å²) in [6.07, 6.45) is 21.4. The van der Waals surface area contributed by atoms with Crippen molar-refractivity contribution in [2.75, 3.05) is 42.3 Å². The monoisotopic (exact) mass is 413 g/mol. The zero-order valence-corrected chi connectivity index (χ0v) is 23.0. The molecule has 0 amide bonds. The summed E-state index contributed by atoms with van der Waals surface area (Å²) in [6, 6.07) is 0.612. The van der Waals surface area contributed by atoms with Crippen LogP contribution in [0.1, 0.15) is 103 Å². The van der Waals surface area contributed by atoms with E-state index in [0.717, 1.165) is 10.2 Å². The van der Waals surface area contributed by atoms with Crippen LogP contribution in [0.25, 0.3) is 0 Å². The van der Waals surface area contributed by atoms with Crippen LogP contribution in [0.4, 0.5) is 0 Å². The van der Waals surface area contributed by atoms with E-state index in [0.29, 0.717) is 6.04 Å². The van der Waals surface area contributed by atoms with Crippen molar-refractivity contribution in [2.45, 2.75) is 115 Å². The van der Waals surface area contributed by atoms with Crippen LogP contribution in [-0.2, 0) is 0 Å². The van der Waals surface area contributed by atoms with Gasteiger partial charge in [0.25, 0.3) is 0 Å². The van der Waals surface area contributed by atoms with Crippen molar-refractivity contribution >= 4 is 10.2 Å². The standard InChI is InChI=1S/C24H55N3Si/c1-8-9-10-11-12-13-14-15-16-17-18-19-20-21-22-23(25(2)3)24(28,26(4)5)27(6)7/h23H,8-22H2,1-7,28H3. The fraction of sp³-hybridized carbons (Fsp3) is 1.00. The van der Waals surface area contributed by atoms with Gasteiger partial charge in [-0.05, 0) is 48.7 Å². The highest BCUT2D eigenvalue weighted by Crippen LogP contribution is 2.24. The lowest BCUT2D eigenvalue weighted by molar-refractivity contribution is 0.00345. The Morgan fingerprint density at radius 2 is 0.893 bits per heavy atom. The summed E-state index contributed by atoms with van der Waals surface area (Å²) in [5, 5.41) is 0.208. The van der Waals surface area contributed by atoms with Gasteiger partial charge in [0.2, 0.25) is 0 Å². The van der Waals surface area contributed by atoms with Crippen LogP contribution < -0.4 is 0 Å². The summed E-state index contributed by atoms with van der Waals surface area (Å²) >= 11 is 0. The molecule has 0 aromatic heterocycles. The molecule has 0 bridgehead atoms. The van der Waals surface area contributed by atoms with Gasteiger partial charge < -0.3 is 4.90 Å². The minimum Gasteiger partial charge on any atom is -0.304 e. The van der Waals surface area contributed by atoms with Gasteiger partial charge in [-0.3, -0.25) is 9.80 Å². The average Bonchev–Trinajstić information content (AvgIpc) is 2.63. The molecule has 0 rings (SSSR count). The first-order valence-corrected chi connectivity index (χ1v) is 13.3. The lowest BCUT2D eigenvalue weighted by atomic mass is 10.0. The van der Waals surface area contributed by atoms with Gasteiger partial charge >= 0.3 is 0 Å². The van der Waals surface area contributed by atoms with Gasteiger partial charge in [-0.15, -0.1) is 0 Å². The molecule has 1 atom stereocenters. The fourth-order valence-corrected chi connectivity index (χ4v) is 5.35. The maximum Gasteiger partial charge on any atom is 0.0666 e. The summed E-state index contributed by atoms with van der Waals surface area (Å²) < 4.78 is 0. The molecule has 0 aromatic rings. The smallest absolute Gasteiger partial charge is 0.0666 e.